The van der Waals surface area contributed by atoms with Gasteiger partial charge >= 0.3 is 11.9 Å². The van der Waals surface area contributed by atoms with Gasteiger partial charge in [0.15, 0.2) is 5.69 Å². The number of aromatic nitrogens is 4. The summed E-state index contributed by atoms with van der Waals surface area (Å²) >= 11 is 0. The van der Waals surface area contributed by atoms with E-state index in [1.807, 2.05) is 0 Å². The van der Waals surface area contributed by atoms with Gasteiger partial charge in [-0.3, -0.25) is 9.48 Å². The van der Waals surface area contributed by atoms with E-state index in [9.17, 15) is 22.8 Å². The van der Waals surface area contributed by atoms with Gasteiger partial charge in [0.2, 0.25) is 5.91 Å². The van der Waals surface area contributed by atoms with Crippen LogP contribution in [0.15, 0.2) is 29.3 Å². The summed E-state index contributed by atoms with van der Waals surface area (Å²) in [6.45, 7) is 0.667. The molecule has 1 aliphatic rings. The van der Waals surface area contributed by atoms with Gasteiger partial charge in [0, 0.05) is 37.1 Å². The summed E-state index contributed by atoms with van der Waals surface area (Å²) in [5.41, 5.74) is -0.765. The van der Waals surface area contributed by atoms with Gasteiger partial charge in [0.1, 0.15) is 6.54 Å². The maximum absolute atomic E-state index is 12.6. The second kappa shape index (κ2) is 6.69. The van der Waals surface area contributed by atoms with Crippen molar-refractivity contribution in [2.45, 2.75) is 31.5 Å². The minimum atomic E-state index is -4.53. The zero-order valence-corrected chi connectivity index (χ0v) is 13.2. The number of likely N-dealkylation sites (tertiary alicyclic amines) is 1. The van der Waals surface area contributed by atoms with Crippen molar-refractivity contribution in [2.24, 2.45) is 0 Å². The van der Waals surface area contributed by atoms with E-state index in [0.717, 1.165) is 29.8 Å². The number of aromatic amines is 1. The van der Waals surface area contributed by atoms with Gasteiger partial charge < -0.3 is 9.88 Å². The number of H-pyrrole nitrogens is 1. The molecule has 134 valence electrons. The molecule has 0 unspecified atom stereocenters. The summed E-state index contributed by atoms with van der Waals surface area (Å²) in [5, 5.41) is 3.39. The van der Waals surface area contributed by atoms with E-state index in [1.165, 1.54) is 6.20 Å². The SMILES string of the molecule is O=C(Cn1ccc(C(F)(F)F)n1)N1CCC[C@@H](c2ccnc(=O)[nH]2)C1. The molecule has 0 aromatic carbocycles. The molecule has 1 fully saturated rings. The van der Waals surface area contributed by atoms with Gasteiger partial charge in [-0.05, 0) is 25.0 Å². The van der Waals surface area contributed by atoms with Crippen LogP contribution in [0.5, 0.6) is 0 Å². The van der Waals surface area contributed by atoms with Gasteiger partial charge in [-0.2, -0.15) is 18.3 Å². The molecule has 2 aromatic heterocycles. The molecule has 0 aliphatic carbocycles. The van der Waals surface area contributed by atoms with E-state index in [1.54, 1.807) is 11.0 Å². The Kier molecular flexibility index (Phi) is 4.60. The van der Waals surface area contributed by atoms with Crippen LogP contribution in [0.4, 0.5) is 13.2 Å². The van der Waals surface area contributed by atoms with Crippen molar-refractivity contribution in [1.29, 1.82) is 0 Å². The lowest BCUT2D eigenvalue weighted by molar-refractivity contribution is -0.142. The molecule has 1 atom stereocenters. The van der Waals surface area contributed by atoms with Gasteiger partial charge in [-0.15, -0.1) is 0 Å². The summed E-state index contributed by atoms with van der Waals surface area (Å²) in [4.78, 5) is 31.5. The molecule has 3 rings (SSSR count). The predicted octanol–water partition coefficient (Wildman–Crippen LogP) is 1.39. The molecule has 0 saturated carbocycles. The monoisotopic (exact) mass is 355 g/mol. The lowest BCUT2D eigenvalue weighted by atomic mass is 9.94. The molecule has 0 bridgehead atoms. The summed E-state index contributed by atoms with van der Waals surface area (Å²) in [6, 6.07) is 2.54. The third-order valence-electron chi connectivity index (χ3n) is 4.14. The van der Waals surface area contributed by atoms with E-state index in [4.69, 9.17) is 0 Å². The Morgan fingerprint density at radius 1 is 1.36 bits per heavy atom. The molecule has 1 saturated heterocycles. The van der Waals surface area contributed by atoms with Crippen LogP contribution in [0, 0.1) is 0 Å². The number of carbonyl (C=O) groups is 1. The van der Waals surface area contributed by atoms with Crippen LogP contribution in [0.25, 0.3) is 0 Å². The third kappa shape index (κ3) is 4.06. The van der Waals surface area contributed by atoms with Crippen LogP contribution in [-0.4, -0.2) is 43.6 Å². The van der Waals surface area contributed by atoms with E-state index in [-0.39, 0.29) is 18.4 Å². The number of piperidine rings is 1. The lowest BCUT2D eigenvalue weighted by Gasteiger charge is -2.32. The molecular formula is C15H16F3N5O2. The fraction of sp³-hybridized carbons (Fsp3) is 0.467. The Balaban J connectivity index is 1.66. The Morgan fingerprint density at radius 2 is 2.16 bits per heavy atom. The Bertz CT molecular complexity index is 814. The number of nitrogens with zero attached hydrogens (tertiary/aromatic N) is 4. The second-order valence-corrected chi connectivity index (χ2v) is 5.91. The maximum atomic E-state index is 12.6. The zero-order valence-electron chi connectivity index (χ0n) is 13.2. The van der Waals surface area contributed by atoms with Crippen LogP contribution in [-0.2, 0) is 17.5 Å². The number of amides is 1. The molecule has 7 nitrogen and oxygen atoms in total. The molecule has 1 aliphatic heterocycles. The molecule has 1 N–H and O–H groups in total. The maximum Gasteiger partial charge on any atom is 0.435 e. The van der Waals surface area contributed by atoms with Crippen LogP contribution in [0.2, 0.25) is 0 Å². The van der Waals surface area contributed by atoms with E-state index in [2.05, 4.69) is 15.1 Å². The molecule has 0 spiro atoms. The highest BCUT2D eigenvalue weighted by Crippen LogP contribution is 2.27. The fourth-order valence-electron chi connectivity index (χ4n) is 2.92. The number of carbonyl (C=O) groups excluding carboxylic acids is 1. The quantitative estimate of drug-likeness (QED) is 0.902. The van der Waals surface area contributed by atoms with Crippen molar-refractivity contribution in [3.05, 3.63) is 46.4 Å². The lowest BCUT2D eigenvalue weighted by Crippen LogP contribution is -2.41. The molecule has 2 aromatic rings. The first kappa shape index (κ1) is 17.2. The molecule has 3 heterocycles. The summed E-state index contributed by atoms with van der Waals surface area (Å²) < 4.78 is 38.7. The average Bonchev–Trinajstić information content (AvgIpc) is 3.04. The van der Waals surface area contributed by atoms with E-state index < -0.39 is 17.6 Å². The molecule has 1 amide bonds. The highest BCUT2D eigenvalue weighted by molar-refractivity contribution is 5.76. The number of nitrogens with one attached hydrogen (secondary N) is 1. The average molecular weight is 355 g/mol. The first-order valence-electron chi connectivity index (χ1n) is 7.76. The van der Waals surface area contributed by atoms with Crippen molar-refractivity contribution in [3.8, 4) is 0 Å². The van der Waals surface area contributed by atoms with Crippen molar-refractivity contribution in [2.75, 3.05) is 13.1 Å². The largest absolute Gasteiger partial charge is 0.435 e. The summed E-state index contributed by atoms with van der Waals surface area (Å²) in [7, 11) is 0. The summed E-state index contributed by atoms with van der Waals surface area (Å²) in [6.07, 6.45) is -0.422. The first-order chi connectivity index (χ1) is 11.8. The number of halogens is 3. The Labute approximate surface area is 140 Å². The minimum absolute atomic E-state index is 0.0308. The first-order valence-corrected chi connectivity index (χ1v) is 7.76. The van der Waals surface area contributed by atoms with E-state index in [0.29, 0.717) is 18.8 Å². The highest BCUT2D eigenvalue weighted by atomic mass is 19.4. The second-order valence-electron chi connectivity index (χ2n) is 5.91. The molecule has 0 radical (unpaired) electrons. The zero-order chi connectivity index (χ0) is 18.0. The molecule has 10 heteroatoms. The standard InChI is InChI=1S/C15H16F3N5O2/c16-15(17,18)12-4-7-23(21-12)9-13(24)22-6-1-2-10(8-22)11-3-5-19-14(25)20-11/h3-5,7,10H,1-2,6,8-9H2,(H,19,20,25)/t10-/m1/s1. The van der Waals surface area contributed by atoms with Crippen LogP contribution < -0.4 is 5.69 Å². The van der Waals surface area contributed by atoms with Crippen molar-refractivity contribution < 1.29 is 18.0 Å². The van der Waals surface area contributed by atoms with Crippen molar-refractivity contribution in [1.82, 2.24) is 24.6 Å². The smallest absolute Gasteiger partial charge is 0.340 e. The third-order valence-corrected chi connectivity index (χ3v) is 4.14. The summed E-state index contributed by atoms with van der Waals surface area (Å²) in [5.74, 6) is -0.338. The van der Waals surface area contributed by atoms with Gasteiger partial charge in [-0.1, -0.05) is 0 Å². The Morgan fingerprint density at radius 3 is 2.84 bits per heavy atom. The van der Waals surface area contributed by atoms with Crippen LogP contribution in [0.3, 0.4) is 0 Å². The fourth-order valence-corrected chi connectivity index (χ4v) is 2.92. The molecular weight excluding hydrogens is 339 g/mol. The number of alkyl halides is 3. The van der Waals surface area contributed by atoms with Gasteiger partial charge in [0.05, 0.1) is 0 Å². The van der Waals surface area contributed by atoms with Gasteiger partial charge in [-0.25, -0.2) is 9.78 Å². The minimum Gasteiger partial charge on any atom is -0.340 e. The van der Waals surface area contributed by atoms with Crippen molar-refractivity contribution in [3.63, 3.8) is 0 Å². The highest BCUT2D eigenvalue weighted by Gasteiger charge is 2.34. The number of hydrogen-bond donors (Lipinski definition) is 1. The van der Waals surface area contributed by atoms with Crippen LogP contribution in [0.1, 0.15) is 30.1 Å². The van der Waals surface area contributed by atoms with Crippen LogP contribution >= 0.6 is 0 Å². The predicted molar refractivity (Wildman–Crippen MR) is 80.6 cm³/mol. The van der Waals surface area contributed by atoms with E-state index >= 15 is 0 Å². The topological polar surface area (TPSA) is 83.9 Å². The van der Waals surface area contributed by atoms with Gasteiger partial charge in [0.25, 0.3) is 0 Å². The number of rotatable bonds is 3. The molecule has 25 heavy (non-hydrogen) atoms. The van der Waals surface area contributed by atoms with Crippen molar-refractivity contribution >= 4 is 5.91 Å². The normalized spacial score (nSPS) is 18.4. The number of hydrogen-bond acceptors (Lipinski definition) is 4. The Hall–Kier alpha value is -2.65.